The number of rotatable bonds is 7. The lowest BCUT2D eigenvalue weighted by molar-refractivity contribution is -0.129. The maximum atomic E-state index is 12.7. The van der Waals surface area contributed by atoms with Gasteiger partial charge in [-0.15, -0.1) is 10.2 Å². The first-order valence-electron chi connectivity index (χ1n) is 8.61. The van der Waals surface area contributed by atoms with Crippen molar-refractivity contribution in [3.63, 3.8) is 0 Å². The van der Waals surface area contributed by atoms with Crippen LogP contribution in [0.15, 0.2) is 58.1 Å². The zero-order valence-corrected chi connectivity index (χ0v) is 16.0. The topological polar surface area (TPSA) is 72.1 Å². The van der Waals surface area contributed by atoms with Crippen LogP contribution in [0.4, 0.5) is 0 Å². The smallest absolute Gasteiger partial charge is 0.249 e. The van der Waals surface area contributed by atoms with E-state index in [1.807, 2.05) is 41.3 Å². The highest BCUT2D eigenvalue weighted by Crippen LogP contribution is 2.31. The Balaban J connectivity index is 1.43. The van der Waals surface area contributed by atoms with E-state index in [-0.39, 0.29) is 11.9 Å². The first-order valence-corrected chi connectivity index (χ1v) is 9.97. The van der Waals surface area contributed by atoms with E-state index in [0.29, 0.717) is 34.7 Å². The lowest BCUT2D eigenvalue weighted by Crippen LogP contribution is -2.34. The van der Waals surface area contributed by atoms with Crippen LogP contribution in [-0.4, -0.2) is 37.8 Å². The molecule has 6 nitrogen and oxygen atoms in total. The average Bonchev–Trinajstić information content (AvgIpc) is 3.43. The Morgan fingerprint density at radius 2 is 2.00 bits per heavy atom. The van der Waals surface area contributed by atoms with Crippen molar-refractivity contribution in [3.05, 3.63) is 59.6 Å². The molecule has 138 valence electrons. The van der Waals surface area contributed by atoms with Crippen LogP contribution in [0, 0.1) is 0 Å². The highest BCUT2D eigenvalue weighted by molar-refractivity contribution is 7.99. The fourth-order valence-corrected chi connectivity index (χ4v) is 3.63. The summed E-state index contributed by atoms with van der Waals surface area (Å²) in [5, 5.41) is 9.56. The third kappa shape index (κ3) is 4.48. The molecule has 0 aliphatic heterocycles. The van der Waals surface area contributed by atoms with Gasteiger partial charge in [-0.3, -0.25) is 4.79 Å². The molecule has 0 spiro atoms. The van der Waals surface area contributed by atoms with Gasteiger partial charge in [0.2, 0.25) is 17.7 Å². The minimum absolute atomic E-state index is 0.0469. The van der Waals surface area contributed by atoms with Gasteiger partial charge in [-0.25, -0.2) is 4.98 Å². The van der Waals surface area contributed by atoms with E-state index in [0.717, 1.165) is 17.9 Å². The van der Waals surface area contributed by atoms with Gasteiger partial charge in [0.25, 0.3) is 0 Å². The quantitative estimate of drug-likeness (QED) is 0.557. The van der Waals surface area contributed by atoms with Crippen molar-refractivity contribution < 1.29 is 9.21 Å². The fourth-order valence-electron chi connectivity index (χ4n) is 2.66. The zero-order valence-electron chi connectivity index (χ0n) is 14.4. The van der Waals surface area contributed by atoms with Crippen LogP contribution in [0.2, 0.25) is 5.02 Å². The molecular formula is C19H17ClN4O2S. The lowest BCUT2D eigenvalue weighted by atomic mass is 10.2. The monoisotopic (exact) mass is 400 g/mol. The molecular weight excluding hydrogens is 384 g/mol. The summed E-state index contributed by atoms with van der Waals surface area (Å²) in [6.07, 6.45) is 3.73. The van der Waals surface area contributed by atoms with Gasteiger partial charge in [0.05, 0.1) is 27.9 Å². The molecule has 0 N–H and O–H groups in total. The number of carbonyl (C=O) groups excluding carboxylic acids is 1. The molecule has 1 aliphatic rings. The molecule has 4 rings (SSSR count). The van der Waals surface area contributed by atoms with Gasteiger partial charge in [0, 0.05) is 12.2 Å². The summed E-state index contributed by atoms with van der Waals surface area (Å²) >= 11 is 7.61. The highest BCUT2D eigenvalue weighted by Gasteiger charge is 2.33. The van der Waals surface area contributed by atoms with Crippen LogP contribution >= 0.6 is 23.4 Å². The summed E-state index contributed by atoms with van der Waals surface area (Å²) in [6, 6.07) is 13.2. The summed E-state index contributed by atoms with van der Waals surface area (Å²) in [4.78, 5) is 18.8. The Hall–Kier alpha value is -2.38. The highest BCUT2D eigenvalue weighted by atomic mass is 35.5. The number of hydrogen-bond acceptors (Lipinski definition) is 6. The third-order valence-electron chi connectivity index (χ3n) is 4.17. The summed E-state index contributed by atoms with van der Waals surface area (Å²) in [5.74, 6) is 1.15. The maximum Gasteiger partial charge on any atom is 0.249 e. The summed E-state index contributed by atoms with van der Waals surface area (Å²) in [7, 11) is 0. The number of halogens is 1. The van der Waals surface area contributed by atoms with Crippen LogP contribution in [0.25, 0.3) is 11.5 Å². The molecule has 8 heteroatoms. The molecule has 0 saturated heterocycles. The van der Waals surface area contributed by atoms with Gasteiger partial charge in [-0.1, -0.05) is 41.6 Å². The van der Waals surface area contributed by atoms with Gasteiger partial charge in [0.15, 0.2) is 0 Å². The number of benzene rings is 1. The van der Waals surface area contributed by atoms with Crippen molar-refractivity contribution in [2.45, 2.75) is 30.5 Å². The van der Waals surface area contributed by atoms with Crippen molar-refractivity contribution in [1.29, 1.82) is 0 Å². The molecule has 1 aliphatic carbocycles. The normalized spacial score (nSPS) is 13.5. The molecule has 0 unspecified atom stereocenters. The summed E-state index contributed by atoms with van der Waals surface area (Å²) in [5.41, 5.74) is 0.688. The van der Waals surface area contributed by atoms with E-state index in [1.54, 1.807) is 12.3 Å². The van der Waals surface area contributed by atoms with E-state index in [2.05, 4.69) is 15.2 Å². The number of amides is 1. The van der Waals surface area contributed by atoms with Crippen LogP contribution in [-0.2, 0) is 11.3 Å². The predicted octanol–water partition coefficient (Wildman–Crippen LogP) is 4.07. The number of hydrogen-bond donors (Lipinski definition) is 0. The minimum Gasteiger partial charge on any atom is -0.419 e. The summed E-state index contributed by atoms with van der Waals surface area (Å²) in [6.45, 7) is 0.309. The van der Waals surface area contributed by atoms with Crippen molar-refractivity contribution >= 4 is 29.3 Å². The van der Waals surface area contributed by atoms with E-state index in [4.69, 9.17) is 16.0 Å². The van der Waals surface area contributed by atoms with Gasteiger partial charge < -0.3 is 9.32 Å². The molecule has 0 bridgehead atoms. The predicted molar refractivity (Wildman–Crippen MR) is 103 cm³/mol. The second kappa shape index (κ2) is 8.10. The van der Waals surface area contributed by atoms with Crippen molar-refractivity contribution in [2.75, 3.05) is 5.75 Å². The van der Waals surface area contributed by atoms with Gasteiger partial charge in [-0.05, 0) is 37.1 Å². The second-order valence-electron chi connectivity index (χ2n) is 6.19. The van der Waals surface area contributed by atoms with Crippen LogP contribution < -0.4 is 0 Å². The molecule has 1 amide bonds. The first-order chi connectivity index (χ1) is 13.2. The Morgan fingerprint density at radius 3 is 2.74 bits per heavy atom. The standard InChI is InChI=1S/C19H17ClN4O2S/c20-15-6-2-1-5-14(15)19-23-22-16(26-19)11-24(13-8-9-13)18(25)12-27-17-7-3-4-10-21-17/h1-7,10,13H,8-9,11-12H2. The Labute approximate surface area is 165 Å². The second-order valence-corrected chi connectivity index (χ2v) is 7.59. The van der Waals surface area contributed by atoms with Gasteiger partial charge in [0.1, 0.15) is 0 Å². The van der Waals surface area contributed by atoms with Crippen molar-refractivity contribution in [1.82, 2.24) is 20.1 Å². The van der Waals surface area contributed by atoms with E-state index < -0.39 is 0 Å². The molecule has 1 saturated carbocycles. The molecule has 1 fully saturated rings. The Morgan fingerprint density at radius 1 is 1.19 bits per heavy atom. The van der Waals surface area contributed by atoms with Crippen molar-refractivity contribution in [2.24, 2.45) is 0 Å². The van der Waals surface area contributed by atoms with E-state index in [1.165, 1.54) is 11.8 Å². The SMILES string of the molecule is O=C(CSc1ccccn1)N(Cc1nnc(-c2ccccc2Cl)o1)C1CC1. The third-order valence-corrected chi connectivity index (χ3v) is 5.42. The van der Waals surface area contributed by atoms with E-state index >= 15 is 0 Å². The number of carbonyl (C=O) groups is 1. The fraction of sp³-hybridized carbons (Fsp3) is 0.263. The number of thioether (sulfide) groups is 1. The molecule has 27 heavy (non-hydrogen) atoms. The largest absolute Gasteiger partial charge is 0.419 e. The molecule has 2 heterocycles. The zero-order chi connectivity index (χ0) is 18.6. The number of nitrogens with zero attached hydrogens (tertiary/aromatic N) is 4. The molecule has 0 radical (unpaired) electrons. The average molecular weight is 401 g/mol. The molecule has 0 atom stereocenters. The molecule has 3 aromatic rings. The first kappa shape index (κ1) is 18.0. The Bertz CT molecular complexity index is 930. The Kier molecular flexibility index (Phi) is 5.40. The molecule has 1 aromatic carbocycles. The van der Waals surface area contributed by atoms with Crippen LogP contribution in [0.3, 0.4) is 0 Å². The van der Waals surface area contributed by atoms with Crippen LogP contribution in [0.5, 0.6) is 0 Å². The summed E-state index contributed by atoms with van der Waals surface area (Å²) < 4.78 is 5.75. The minimum atomic E-state index is 0.0469. The molecule has 2 aromatic heterocycles. The van der Waals surface area contributed by atoms with Crippen molar-refractivity contribution in [3.8, 4) is 11.5 Å². The maximum absolute atomic E-state index is 12.7. The van der Waals surface area contributed by atoms with E-state index in [9.17, 15) is 4.79 Å². The lowest BCUT2D eigenvalue weighted by Gasteiger charge is -2.20. The van der Waals surface area contributed by atoms with Crippen LogP contribution in [0.1, 0.15) is 18.7 Å². The number of pyridine rings is 1. The van der Waals surface area contributed by atoms with Gasteiger partial charge in [-0.2, -0.15) is 0 Å². The van der Waals surface area contributed by atoms with Gasteiger partial charge >= 0.3 is 0 Å². The number of aromatic nitrogens is 3.